The van der Waals surface area contributed by atoms with Gasteiger partial charge in [0.1, 0.15) is 11.3 Å². The van der Waals surface area contributed by atoms with Crippen molar-refractivity contribution in [3.8, 4) is 5.75 Å². The third-order valence-electron chi connectivity index (χ3n) is 5.75. The van der Waals surface area contributed by atoms with Crippen molar-refractivity contribution < 1.29 is 23.8 Å². The molecule has 0 bridgehead atoms. The molecule has 1 fully saturated rings. The molecular weight excluding hydrogens is 386 g/mol. The molecule has 0 saturated heterocycles. The van der Waals surface area contributed by atoms with Crippen LogP contribution in [-0.2, 0) is 16.0 Å². The predicted octanol–water partition coefficient (Wildman–Crippen LogP) is 2.19. The maximum absolute atomic E-state index is 12.4. The largest absolute Gasteiger partial charge is 0.550 e. The fraction of sp³-hybridized carbons (Fsp3) is 0.522. The van der Waals surface area contributed by atoms with Gasteiger partial charge in [0, 0.05) is 30.0 Å². The van der Waals surface area contributed by atoms with Crippen LogP contribution in [0.3, 0.4) is 0 Å². The van der Waals surface area contributed by atoms with E-state index in [2.05, 4.69) is 5.32 Å². The van der Waals surface area contributed by atoms with Crippen LogP contribution in [-0.4, -0.2) is 24.5 Å². The summed E-state index contributed by atoms with van der Waals surface area (Å²) in [7, 11) is 0. The highest BCUT2D eigenvalue weighted by molar-refractivity contribution is 5.83. The van der Waals surface area contributed by atoms with Crippen molar-refractivity contribution in [2.45, 2.75) is 58.5 Å². The van der Waals surface area contributed by atoms with Crippen LogP contribution in [0.25, 0.3) is 11.0 Å². The SMILES string of the molecule is CCCc1cc(=O)oc2cc(O[C@@H](C)C(=O)NCC3CCC(C(=O)[O-])CC3)ccc12. The van der Waals surface area contributed by atoms with Gasteiger partial charge in [-0.25, -0.2) is 4.79 Å². The normalized spacial score (nSPS) is 19.9. The molecule has 1 aromatic heterocycles. The van der Waals surface area contributed by atoms with Gasteiger partial charge >= 0.3 is 5.63 Å². The summed E-state index contributed by atoms with van der Waals surface area (Å²) in [5.74, 6) is -0.865. The number of amides is 1. The molecule has 30 heavy (non-hydrogen) atoms. The molecule has 1 amide bonds. The highest BCUT2D eigenvalue weighted by Crippen LogP contribution is 2.28. The molecule has 1 aliphatic carbocycles. The lowest BCUT2D eigenvalue weighted by Crippen LogP contribution is -2.40. The van der Waals surface area contributed by atoms with Crippen LogP contribution in [0.5, 0.6) is 5.75 Å². The van der Waals surface area contributed by atoms with E-state index >= 15 is 0 Å². The molecule has 1 saturated carbocycles. The number of nitrogens with one attached hydrogen (secondary N) is 1. The second kappa shape index (κ2) is 9.78. The molecule has 2 aromatic rings. The minimum Gasteiger partial charge on any atom is -0.550 e. The summed E-state index contributed by atoms with van der Waals surface area (Å²) in [5, 5.41) is 14.7. The monoisotopic (exact) mass is 414 g/mol. The third-order valence-corrected chi connectivity index (χ3v) is 5.75. The Bertz CT molecular complexity index is 958. The van der Waals surface area contributed by atoms with E-state index in [0.29, 0.717) is 30.7 Å². The number of hydrogen-bond acceptors (Lipinski definition) is 6. The second-order valence-electron chi connectivity index (χ2n) is 8.04. The van der Waals surface area contributed by atoms with Crippen molar-refractivity contribution in [3.63, 3.8) is 0 Å². The number of carbonyl (C=O) groups is 2. The third kappa shape index (κ3) is 5.40. The van der Waals surface area contributed by atoms with Crippen LogP contribution < -0.4 is 20.8 Å². The second-order valence-corrected chi connectivity index (χ2v) is 8.04. The number of rotatable bonds is 8. The Labute approximate surface area is 175 Å². The number of ether oxygens (including phenoxy) is 1. The molecule has 0 unspecified atom stereocenters. The van der Waals surface area contributed by atoms with Crippen molar-refractivity contribution in [3.05, 3.63) is 40.2 Å². The highest BCUT2D eigenvalue weighted by atomic mass is 16.5. The van der Waals surface area contributed by atoms with E-state index in [1.54, 1.807) is 19.1 Å². The summed E-state index contributed by atoms with van der Waals surface area (Å²) in [6, 6.07) is 6.77. The number of benzene rings is 1. The molecule has 0 aliphatic heterocycles. The Hall–Kier alpha value is -2.83. The summed E-state index contributed by atoms with van der Waals surface area (Å²) in [4.78, 5) is 35.1. The summed E-state index contributed by atoms with van der Waals surface area (Å²) >= 11 is 0. The maximum Gasteiger partial charge on any atom is 0.336 e. The smallest absolute Gasteiger partial charge is 0.336 e. The summed E-state index contributed by atoms with van der Waals surface area (Å²) in [6.45, 7) is 4.21. The van der Waals surface area contributed by atoms with E-state index in [4.69, 9.17) is 9.15 Å². The first-order valence-corrected chi connectivity index (χ1v) is 10.6. The quantitative estimate of drug-likeness (QED) is 0.663. The van der Waals surface area contributed by atoms with Crippen LogP contribution >= 0.6 is 0 Å². The van der Waals surface area contributed by atoms with Crippen LogP contribution in [0.15, 0.2) is 33.5 Å². The van der Waals surface area contributed by atoms with Crippen LogP contribution in [0.2, 0.25) is 0 Å². The van der Waals surface area contributed by atoms with Crippen LogP contribution in [0.4, 0.5) is 0 Å². The Balaban J connectivity index is 1.56. The van der Waals surface area contributed by atoms with Crippen LogP contribution in [0.1, 0.15) is 51.5 Å². The van der Waals surface area contributed by atoms with Gasteiger partial charge in [0.2, 0.25) is 0 Å². The number of carboxylic acids is 1. The maximum atomic E-state index is 12.4. The Morgan fingerprint density at radius 1 is 1.23 bits per heavy atom. The molecule has 1 atom stereocenters. The van der Waals surface area contributed by atoms with Gasteiger partial charge in [-0.1, -0.05) is 13.3 Å². The average Bonchev–Trinajstić information content (AvgIpc) is 2.72. The lowest BCUT2D eigenvalue weighted by atomic mass is 9.82. The summed E-state index contributed by atoms with van der Waals surface area (Å²) < 4.78 is 11.1. The van der Waals surface area contributed by atoms with Crippen molar-refractivity contribution >= 4 is 22.8 Å². The lowest BCUT2D eigenvalue weighted by Gasteiger charge is -2.29. The molecule has 3 rings (SSSR count). The fourth-order valence-electron chi connectivity index (χ4n) is 4.01. The first kappa shape index (κ1) is 21.9. The molecular formula is C23H28NO6-. The Morgan fingerprint density at radius 2 is 1.97 bits per heavy atom. The van der Waals surface area contributed by atoms with Crippen LogP contribution in [0, 0.1) is 11.8 Å². The first-order chi connectivity index (χ1) is 14.4. The van der Waals surface area contributed by atoms with Gasteiger partial charge in [0.05, 0.1) is 0 Å². The average molecular weight is 414 g/mol. The first-order valence-electron chi connectivity index (χ1n) is 10.6. The highest BCUT2D eigenvalue weighted by Gasteiger charge is 2.23. The topological polar surface area (TPSA) is 109 Å². The minimum absolute atomic E-state index is 0.238. The number of aliphatic carboxylic acids is 1. The van der Waals surface area contributed by atoms with E-state index in [1.807, 2.05) is 13.0 Å². The van der Waals surface area contributed by atoms with Crippen molar-refractivity contribution in [2.75, 3.05) is 6.54 Å². The molecule has 0 spiro atoms. The predicted molar refractivity (Wildman–Crippen MR) is 110 cm³/mol. The molecule has 7 heteroatoms. The van der Waals surface area contributed by atoms with Gasteiger partial charge in [-0.2, -0.15) is 0 Å². The molecule has 162 valence electrons. The molecule has 1 heterocycles. The number of fused-ring (bicyclic) bond motifs is 1. The number of aryl methyl sites for hydroxylation is 1. The van der Waals surface area contributed by atoms with E-state index in [-0.39, 0.29) is 17.7 Å². The van der Waals surface area contributed by atoms with Crippen molar-refractivity contribution in [1.82, 2.24) is 5.32 Å². The summed E-state index contributed by atoms with van der Waals surface area (Å²) in [6.07, 6.45) is 3.70. The Kier molecular flexibility index (Phi) is 7.13. The van der Waals surface area contributed by atoms with Gasteiger partial charge < -0.3 is 24.4 Å². The molecule has 1 aliphatic rings. The number of carbonyl (C=O) groups excluding carboxylic acids is 2. The van der Waals surface area contributed by atoms with Gasteiger partial charge in [-0.05, 0) is 68.6 Å². The van der Waals surface area contributed by atoms with E-state index in [9.17, 15) is 19.5 Å². The Morgan fingerprint density at radius 3 is 2.63 bits per heavy atom. The molecule has 0 radical (unpaired) electrons. The van der Waals surface area contributed by atoms with Gasteiger partial charge in [-0.15, -0.1) is 0 Å². The van der Waals surface area contributed by atoms with Crippen molar-refractivity contribution in [2.24, 2.45) is 11.8 Å². The number of carboxylic acid groups (broad SMARTS) is 1. The zero-order chi connectivity index (χ0) is 21.7. The molecule has 1 N–H and O–H groups in total. The minimum atomic E-state index is -0.979. The van der Waals surface area contributed by atoms with E-state index < -0.39 is 17.7 Å². The van der Waals surface area contributed by atoms with Crippen molar-refractivity contribution in [1.29, 1.82) is 0 Å². The van der Waals surface area contributed by atoms with Gasteiger partial charge in [0.25, 0.3) is 5.91 Å². The zero-order valence-corrected chi connectivity index (χ0v) is 17.4. The van der Waals surface area contributed by atoms with Gasteiger partial charge in [0.15, 0.2) is 6.10 Å². The molecule has 7 nitrogen and oxygen atoms in total. The number of hydrogen-bond donors (Lipinski definition) is 1. The summed E-state index contributed by atoms with van der Waals surface area (Å²) in [5.41, 5.74) is 0.984. The standard InChI is InChI=1S/C23H29NO6/c1-3-4-17-11-21(25)30-20-12-18(9-10-19(17)20)29-14(2)22(26)24-13-15-5-7-16(8-6-15)23(27)28/h9-12,14-16H,3-8,13H2,1-2H3,(H,24,26)(H,27,28)/p-1/t14-,15?,16?/m0/s1. The van der Waals surface area contributed by atoms with E-state index in [0.717, 1.165) is 36.6 Å². The van der Waals surface area contributed by atoms with Gasteiger partial charge in [-0.3, -0.25) is 4.79 Å². The van der Waals surface area contributed by atoms with E-state index in [1.165, 1.54) is 6.07 Å². The zero-order valence-electron chi connectivity index (χ0n) is 17.4. The molecule has 1 aromatic carbocycles. The lowest BCUT2D eigenvalue weighted by molar-refractivity contribution is -0.312. The fourth-order valence-corrected chi connectivity index (χ4v) is 4.01.